The van der Waals surface area contributed by atoms with Crippen LogP contribution in [0.15, 0.2) is 0 Å². The summed E-state index contributed by atoms with van der Waals surface area (Å²) in [6, 6.07) is -0.832. The molecule has 0 saturated carbocycles. The zero-order valence-electron chi connectivity index (χ0n) is 11.5. The number of amides is 2. The van der Waals surface area contributed by atoms with Gasteiger partial charge in [-0.1, -0.05) is 6.92 Å². The number of morpholine rings is 1. The number of carboxylic acids is 1. The van der Waals surface area contributed by atoms with Crippen molar-refractivity contribution >= 4 is 12.0 Å². The largest absolute Gasteiger partial charge is 0.480 e. The van der Waals surface area contributed by atoms with Crippen LogP contribution in [0.4, 0.5) is 4.79 Å². The number of likely N-dealkylation sites (tertiary alicyclic amines) is 1. The van der Waals surface area contributed by atoms with Crippen LogP contribution in [0.3, 0.4) is 0 Å². The fourth-order valence-corrected chi connectivity index (χ4v) is 2.76. The van der Waals surface area contributed by atoms with Gasteiger partial charge in [-0.25, -0.2) is 9.59 Å². The van der Waals surface area contributed by atoms with Crippen LogP contribution >= 0.6 is 0 Å². The standard InChI is InChI=1S/C13H22N2O4/c1-9-3-4-10(2)15(7-9)13(18)14-5-6-19-8-11(14)12(16)17/h9-11H,3-8H2,1-2H3,(H,16,17). The third-order valence-corrected chi connectivity index (χ3v) is 4.02. The van der Waals surface area contributed by atoms with E-state index < -0.39 is 12.0 Å². The van der Waals surface area contributed by atoms with E-state index in [0.717, 1.165) is 12.8 Å². The molecule has 2 aliphatic rings. The summed E-state index contributed by atoms with van der Waals surface area (Å²) in [6.07, 6.45) is 2.10. The fraction of sp³-hybridized carbons (Fsp3) is 0.846. The number of piperidine rings is 1. The Hall–Kier alpha value is -1.30. The Bertz CT molecular complexity index is 361. The van der Waals surface area contributed by atoms with Crippen LogP contribution in [-0.4, -0.2) is 65.3 Å². The third-order valence-electron chi connectivity index (χ3n) is 4.02. The molecule has 2 aliphatic heterocycles. The van der Waals surface area contributed by atoms with Crippen LogP contribution in [0.5, 0.6) is 0 Å². The van der Waals surface area contributed by atoms with Crippen molar-refractivity contribution in [2.24, 2.45) is 5.92 Å². The van der Waals surface area contributed by atoms with Gasteiger partial charge in [0.15, 0.2) is 6.04 Å². The molecule has 19 heavy (non-hydrogen) atoms. The minimum Gasteiger partial charge on any atom is -0.480 e. The number of carboxylic acid groups (broad SMARTS) is 1. The Morgan fingerprint density at radius 1 is 1.21 bits per heavy atom. The summed E-state index contributed by atoms with van der Waals surface area (Å²) in [4.78, 5) is 27.0. The summed E-state index contributed by atoms with van der Waals surface area (Å²) in [7, 11) is 0. The minimum absolute atomic E-state index is 0.0822. The Morgan fingerprint density at radius 3 is 2.63 bits per heavy atom. The van der Waals surface area contributed by atoms with E-state index in [0.29, 0.717) is 25.6 Å². The molecule has 3 unspecified atom stereocenters. The average molecular weight is 270 g/mol. The molecule has 0 aromatic heterocycles. The van der Waals surface area contributed by atoms with Crippen LogP contribution in [0, 0.1) is 5.92 Å². The lowest BCUT2D eigenvalue weighted by Gasteiger charge is -2.42. The third kappa shape index (κ3) is 3.00. The first-order chi connectivity index (χ1) is 9.00. The van der Waals surface area contributed by atoms with E-state index in [2.05, 4.69) is 6.92 Å². The van der Waals surface area contributed by atoms with Crippen molar-refractivity contribution < 1.29 is 19.4 Å². The molecule has 2 saturated heterocycles. The Kier molecular flexibility index (Phi) is 4.29. The molecule has 2 fully saturated rings. The highest BCUT2D eigenvalue weighted by Gasteiger charge is 2.37. The molecule has 0 spiro atoms. The van der Waals surface area contributed by atoms with E-state index in [1.54, 1.807) is 0 Å². The zero-order chi connectivity index (χ0) is 14.0. The molecule has 108 valence electrons. The second kappa shape index (κ2) is 5.77. The molecule has 0 aromatic rings. The molecule has 2 amide bonds. The van der Waals surface area contributed by atoms with Gasteiger partial charge in [0.1, 0.15) is 0 Å². The molecule has 1 N–H and O–H groups in total. The molecular weight excluding hydrogens is 248 g/mol. The van der Waals surface area contributed by atoms with Gasteiger partial charge in [0.25, 0.3) is 0 Å². The number of carbonyl (C=O) groups excluding carboxylic acids is 1. The lowest BCUT2D eigenvalue weighted by molar-refractivity contribution is -0.147. The van der Waals surface area contributed by atoms with Crippen molar-refractivity contribution in [2.75, 3.05) is 26.3 Å². The molecule has 0 radical (unpaired) electrons. The monoisotopic (exact) mass is 270 g/mol. The Labute approximate surface area is 113 Å². The summed E-state index contributed by atoms with van der Waals surface area (Å²) in [5.41, 5.74) is 0. The lowest BCUT2D eigenvalue weighted by atomic mass is 9.95. The first kappa shape index (κ1) is 14.1. The number of urea groups is 1. The molecule has 0 bridgehead atoms. The summed E-state index contributed by atoms with van der Waals surface area (Å²) < 4.78 is 5.17. The number of hydrogen-bond donors (Lipinski definition) is 1. The average Bonchev–Trinajstić information content (AvgIpc) is 2.40. The van der Waals surface area contributed by atoms with Gasteiger partial charge in [0.2, 0.25) is 0 Å². The maximum absolute atomic E-state index is 12.6. The second-order valence-corrected chi connectivity index (χ2v) is 5.59. The molecule has 6 heteroatoms. The van der Waals surface area contributed by atoms with Crippen LogP contribution < -0.4 is 0 Å². The molecule has 0 aliphatic carbocycles. The van der Waals surface area contributed by atoms with Gasteiger partial charge in [0, 0.05) is 19.1 Å². The molecule has 2 heterocycles. The van der Waals surface area contributed by atoms with Gasteiger partial charge in [-0.2, -0.15) is 0 Å². The Balaban J connectivity index is 2.10. The van der Waals surface area contributed by atoms with Gasteiger partial charge < -0.3 is 19.6 Å². The second-order valence-electron chi connectivity index (χ2n) is 5.59. The van der Waals surface area contributed by atoms with E-state index in [1.807, 2.05) is 11.8 Å². The topological polar surface area (TPSA) is 70.1 Å². The predicted molar refractivity (Wildman–Crippen MR) is 68.9 cm³/mol. The quantitative estimate of drug-likeness (QED) is 0.772. The highest BCUT2D eigenvalue weighted by molar-refractivity contribution is 5.83. The predicted octanol–water partition coefficient (Wildman–Crippen LogP) is 1.01. The van der Waals surface area contributed by atoms with Gasteiger partial charge in [-0.3, -0.25) is 0 Å². The van der Waals surface area contributed by atoms with Crippen molar-refractivity contribution in [3.05, 3.63) is 0 Å². The van der Waals surface area contributed by atoms with Crippen LogP contribution in [0.25, 0.3) is 0 Å². The van der Waals surface area contributed by atoms with E-state index >= 15 is 0 Å². The van der Waals surface area contributed by atoms with E-state index in [-0.39, 0.29) is 18.7 Å². The zero-order valence-corrected chi connectivity index (χ0v) is 11.5. The number of aliphatic carboxylic acids is 1. The van der Waals surface area contributed by atoms with E-state index in [1.165, 1.54) is 4.90 Å². The van der Waals surface area contributed by atoms with Crippen LogP contribution in [0.2, 0.25) is 0 Å². The fourth-order valence-electron chi connectivity index (χ4n) is 2.76. The number of carbonyl (C=O) groups is 2. The van der Waals surface area contributed by atoms with Gasteiger partial charge in [0.05, 0.1) is 13.2 Å². The first-order valence-electron chi connectivity index (χ1n) is 6.88. The van der Waals surface area contributed by atoms with Crippen LogP contribution in [-0.2, 0) is 9.53 Å². The van der Waals surface area contributed by atoms with Gasteiger partial charge in [-0.05, 0) is 25.7 Å². The SMILES string of the molecule is CC1CCC(C)N(C(=O)N2CCOCC2C(=O)O)C1. The van der Waals surface area contributed by atoms with Crippen LogP contribution in [0.1, 0.15) is 26.7 Å². The summed E-state index contributed by atoms with van der Waals surface area (Å²) in [6.45, 7) is 5.71. The molecule has 6 nitrogen and oxygen atoms in total. The summed E-state index contributed by atoms with van der Waals surface area (Å²) >= 11 is 0. The highest BCUT2D eigenvalue weighted by atomic mass is 16.5. The molecule has 3 atom stereocenters. The highest BCUT2D eigenvalue weighted by Crippen LogP contribution is 2.23. The maximum atomic E-state index is 12.6. The van der Waals surface area contributed by atoms with Crippen molar-refractivity contribution in [3.8, 4) is 0 Å². The number of hydrogen-bond acceptors (Lipinski definition) is 3. The number of rotatable bonds is 1. The van der Waals surface area contributed by atoms with Gasteiger partial charge in [-0.15, -0.1) is 0 Å². The van der Waals surface area contributed by atoms with Crippen molar-refractivity contribution in [2.45, 2.75) is 38.8 Å². The minimum atomic E-state index is -0.995. The van der Waals surface area contributed by atoms with Gasteiger partial charge >= 0.3 is 12.0 Å². The number of ether oxygens (including phenoxy) is 1. The van der Waals surface area contributed by atoms with E-state index in [4.69, 9.17) is 4.74 Å². The van der Waals surface area contributed by atoms with Crippen molar-refractivity contribution in [3.63, 3.8) is 0 Å². The summed E-state index contributed by atoms with van der Waals surface area (Å²) in [5, 5.41) is 9.18. The van der Waals surface area contributed by atoms with Crippen molar-refractivity contribution in [1.82, 2.24) is 9.80 Å². The normalized spacial score (nSPS) is 32.2. The first-order valence-corrected chi connectivity index (χ1v) is 6.88. The molecule has 0 aromatic carbocycles. The Morgan fingerprint density at radius 2 is 1.95 bits per heavy atom. The molecular formula is C13H22N2O4. The smallest absolute Gasteiger partial charge is 0.328 e. The van der Waals surface area contributed by atoms with Crippen molar-refractivity contribution in [1.29, 1.82) is 0 Å². The molecule has 2 rings (SSSR count). The summed E-state index contributed by atoms with van der Waals surface area (Å²) in [5.74, 6) is -0.518. The lowest BCUT2D eigenvalue weighted by Crippen LogP contribution is -2.59. The number of nitrogens with zero attached hydrogens (tertiary/aromatic N) is 2. The van der Waals surface area contributed by atoms with E-state index in [9.17, 15) is 14.7 Å². The maximum Gasteiger partial charge on any atom is 0.328 e.